The summed E-state index contributed by atoms with van der Waals surface area (Å²) in [5.74, 6) is -2.18. The van der Waals surface area contributed by atoms with Crippen molar-refractivity contribution in [2.24, 2.45) is 11.8 Å². The van der Waals surface area contributed by atoms with E-state index < -0.39 is 29.9 Å². The minimum atomic E-state index is -0.891. The van der Waals surface area contributed by atoms with Gasteiger partial charge in [0.1, 0.15) is 6.61 Å². The largest absolute Gasteiger partial charge is 0.481 e. The summed E-state index contributed by atoms with van der Waals surface area (Å²) in [4.78, 5) is 35.6. The number of aliphatic carboxylic acids is 1. The van der Waals surface area contributed by atoms with E-state index in [1.165, 1.54) is 0 Å². The Morgan fingerprint density at radius 1 is 0.969 bits per heavy atom. The third-order valence-corrected chi connectivity index (χ3v) is 6.15. The highest BCUT2D eigenvalue weighted by molar-refractivity contribution is 5.80. The molecule has 32 heavy (non-hydrogen) atoms. The summed E-state index contributed by atoms with van der Waals surface area (Å²) < 4.78 is 5.53. The molecule has 7 nitrogen and oxygen atoms in total. The van der Waals surface area contributed by atoms with E-state index in [9.17, 15) is 14.4 Å². The van der Waals surface area contributed by atoms with Crippen LogP contribution < -0.4 is 10.6 Å². The Hall–Kier alpha value is -3.35. The highest BCUT2D eigenvalue weighted by atomic mass is 16.5. The van der Waals surface area contributed by atoms with Crippen LogP contribution in [0.5, 0.6) is 0 Å². The van der Waals surface area contributed by atoms with Crippen LogP contribution in [0.4, 0.5) is 4.79 Å². The van der Waals surface area contributed by atoms with E-state index in [0.29, 0.717) is 6.42 Å². The highest BCUT2D eigenvalue weighted by Gasteiger charge is 2.29. The van der Waals surface area contributed by atoms with Crippen molar-refractivity contribution >= 4 is 18.0 Å². The molecule has 3 atom stereocenters. The van der Waals surface area contributed by atoms with Crippen LogP contribution in [-0.2, 0) is 14.3 Å². The number of benzene rings is 2. The number of carboxylic acids is 1. The van der Waals surface area contributed by atoms with Crippen molar-refractivity contribution in [3.63, 3.8) is 0 Å². The monoisotopic (exact) mass is 438 g/mol. The standard InChI is InChI=1S/C25H30N2O5/c1-15(24(29)30)12-13-26-23(28)16(2)17(3)27-25(31)32-14-22-20-10-6-4-8-18(20)19-9-5-7-11-21(19)22/h4-11,15-17,22H,12-14H2,1-3H3,(H,26,28)(H,27,31)(H,29,30). The van der Waals surface area contributed by atoms with Crippen LogP contribution in [-0.4, -0.2) is 42.3 Å². The van der Waals surface area contributed by atoms with Gasteiger partial charge in [0, 0.05) is 18.5 Å². The number of carboxylic acid groups (broad SMARTS) is 1. The van der Waals surface area contributed by atoms with E-state index in [4.69, 9.17) is 9.84 Å². The van der Waals surface area contributed by atoms with Crippen molar-refractivity contribution in [1.29, 1.82) is 0 Å². The average molecular weight is 439 g/mol. The van der Waals surface area contributed by atoms with Crippen molar-refractivity contribution in [3.8, 4) is 11.1 Å². The molecule has 1 aliphatic rings. The van der Waals surface area contributed by atoms with Crippen LogP contribution in [0.15, 0.2) is 48.5 Å². The van der Waals surface area contributed by atoms with Gasteiger partial charge in [-0.2, -0.15) is 0 Å². The maximum absolute atomic E-state index is 12.4. The number of rotatable bonds is 9. The maximum atomic E-state index is 12.4. The number of fused-ring (bicyclic) bond motifs is 3. The first kappa shape index (κ1) is 23.3. The van der Waals surface area contributed by atoms with E-state index in [-0.39, 0.29) is 25.0 Å². The number of carbonyl (C=O) groups is 3. The molecule has 0 saturated carbocycles. The normalized spacial score (nSPS) is 15.1. The average Bonchev–Trinajstić information content (AvgIpc) is 3.10. The molecule has 7 heteroatoms. The topological polar surface area (TPSA) is 105 Å². The van der Waals surface area contributed by atoms with Crippen LogP contribution in [0.2, 0.25) is 0 Å². The first-order chi connectivity index (χ1) is 15.3. The molecule has 3 N–H and O–H groups in total. The van der Waals surface area contributed by atoms with E-state index >= 15 is 0 Å². The summed E-state index contributed by atoms with van der Waals surface area (Å²) in [6, 6.07) is 15.8. The number of hydrogen-bond donors (Lipinski definition) is 3. The zero-order valence-electron chi connectivity index (χ0n) is 18.6. The smallest absolute Gasteiger partial charge is 0.407 e. The fourth-order valence-electron chi connectivity index (χ4n) is 3.87. The lowest BCUT2D eigenvalue weighted by Gasteiger charge is -2.21. The van der Waals surface area contributed by atoms with Gasteiger partial charge < -0.3 is 20.5 Å². The molecule has 3 unspecified atom stereocenters. The maximum Gasteiger partial charge on any atom is 0.407 e. The molecule has 0 spiro atoms. The first-order valence-corrected chi connectivity index (χ1v) is 10.9. The van der Waals surface area contributed by atoms with E-state index in [1.807, 2.05) is 24.3 Å². The van der Waals surface area contributed by atoms with Gasteiger partial charge in [-0.25, -0.2) is 4.79 Å². The number of alkyl carbamates (subject to hydrolysis) is 1. The van der Waals surface area contributed by atoms with E-state index in [2.05, 4.69) is 34.9 Å². The summed E-state index contributed by atoms with van der Waals surface area (Å²) in [6.07, 6.45) is -0.222. The zero-order chi connectivity index (χ0) is 23.3. The van der Waals surface area contributed by atoms with E-state index in [1.54, 1.807) is 20.8 Å². The molecule has 0 saturated heterocycles. The lowest BCUT2D eigenvalue weighted by molar-refractivity contribution is -0.141. The van der Waals surface area contributed by atoms with Crippen LogP contribution in [0.1, 0.15) is 44.2 Å². The first-order valence-electron chi connectivity index (χ1n) is 10.9. The van der Waals surface area contributed by atoms with Gasteiger partial charge in [0.15, 0.2) is 0 Å². The molecule has 0 aromatic heterocycles. The summed E-state index contributed by atoms with van der Waals surface area (Å²) >= 11 is 0. The van der Waals surface area contributed by atoms with Gasteiger partial charge in [0.25, 0.3) is 0 Å². The molecular formula is C25H30N2O5. The van der Waals surface area contributed by atoms with Gasteiger partial charge in [-0.05, 0) is 35.6 Å². The third-order valence-electron chi connectivity index (χ3n) is 6.15. The molecule has 0 radical (unpaired) electrons. The summed E-state index contributed by atoms with van der Waals surface area (Å²) in [6.45, 7) is 5.53. The van der Waals surface area contributed by atoms with Crippen molar-refractivity contribution in [1.82, 2.24) is 10.6 Å². The second kappa shape index (κ2) is 10.3. The van der Waals surface area contributed by atoms with E-state index in [0.717, 1.165) is 22.3 Å². The van der Waals surface area contributed by atoms with Crippen molar-refractivity contribution < 1.29 is 24.2 Å². The van der Waals surface area contributed by atoms with Gasteiger partial charge in [-0.15, -0.1) is 0 Å². The second-order valence-electron chi connectivity index (χ2n) is 8.37. The fourth-order valence-corrected chi connectivity index (χ4v) is 3.87. The molecule has 0 bridgehead atoms. The Balaban J connectivity index is 1.50. The molecule has 2 aromatic carbocycles. The Kier molecular flexibility index (Phi) is 7.51. The van der Waals surface area contributed by atoms with Crippen LogP contribution in [0, 0.1) is 11.8 Å². The van der Waals surface area contributed by atoms with Gasteiger partial charge in [-0.1, -0.05) is 62.4 Å². The van der Waals surface area contributed by atoms with Gasteiger partial charge in [0.05, 0.1) is 11.8 Å². The van der Waals surface area contributed by atoms with Crippen molar-refractivity contribution in [2.75, 3.05) is 13.2 Å². The molecule has 2 aromatic rings. The number of nitrogens with one attached hydrogen (secondary N) is 2. The van der Waals surface area contributed by atoms with Crippen LogP contribution in [0.25, 0.3) is 11.1 Å². The fraction of sp³-hybridized carbons (Fsp3) is 0.400. The van der Waals surface area contributed by atoms with Crippen molar-refractivity contribution in [2.45, 2.75) is 39.2 Å². The molecular weight excluding hydrogens is 408 g/mol. The molecule has 3 rings (SSSR count). The molecule has 2 amide bonds. The number of amides is 2. The highest BCUT2D eigenvalue weighted by Crippen LogP contribution is 2.44. The van der Waals surface area contributed by atoms with Gasteiger partial charge >= 0.3 is 12.1 Å². The Bertz CT molecular complexity index is 944. The molecule has 0 aliphatic heterocycles. The number of hydrogen-bond acceptors (Lipinski definition) is 4. The minimum Gasteiger partial charge on any atom is -0.481 e. The van der Waals surface area contributed by atoms with Crippen LogP contribution in [0.3, 0.4) is 0 Å². The second-order valence-corrected chi connectivity index (χ2v) is 8.37. The van der Waals surface area contributed by atoms with Gasteiger partial charge in [-0.3, -0.25) is 9.59 Å². The molecule has 1 aliphatic carbocycles. The number of ether oxygens (including phenoxy) is 1. The van der Waals surface area contributed by atoms with Crippen molar-refractivity contribution in [3.05, 3.63) is 59.7 Å². The lowest BCUT2D eigenvalue weighted by Crippen LogP contribution is -2.44. The Morgan fingerprint density at radius 2 is 1.53 bits per heavy atom. The SMILES string of the molecule is CC(CCNC(=O)C(C)C(C)NC(=O)OCC1c2ccccc2-c2ccccc21)C(=O)O. The summed E-state index contributed by atoms with van der Waals surface area (Å²) in [7, 11) is 0. The lowest BCUT2D eigenvalue weighted by atomic mass is 9.98. The predicted molar refractivity (Wildman–Crippen MR) is 121 cm³/mol. The molecule has 170 valence electrons. The summed E-state index contributed by atoms with van der Waals surface area (Å²) in [5.41, 5.74) is 4.59. The Morgan fingerprint density at radius 3 is 2.09 bits per heavy atom. The quantitative estimate of drug-likeness (QED) is 0.553. The minimum absolute atomic E-state index is 0.0274. The third kappa shape index (κ3) is 5.28. The predicted octanol–water partition coefficient (Wildman–Crippen LogP) is 3.78. The molecule has 0 heterocycles. The molecule has 0 fully saturated rings. The Labute approximate surface area is 188 Å². The van der Waals surface area contributed by atoms with Crippen LogP contribution >= 0.6 is 0 Å². The zero-order valence-corrected chi connectivity index (χ0v) is 18.6. The van der Waals surface area contributed by atoms with Gasteiger partial charge in [0.2, 0.25) is 5.91 Å². The number of carbonyl (C=O) groups excluding carboxylic acids is 2. The summed E-state index contributed by atoms with van der Waals surface area (Å²) in [5, 5.41) is 14.4.